The molecule has 4 heteroatoms. The number of nitrogens with zero attached hydrogens (tertiary/aromatic N) is 2. The van der Waals surface area contributed by atoms with Gasteiger partial charge < -0.3 is 10.2 Å². The lowest BCUT2D eigenvalue weighted by Gasteiger charge is -2.36. The van der Waals surface area contributed by atoms with E-state index in [1.165, 1.54) is 45.4 Å². The molecule has 1 aromatic rings. The van der Waals surface area contributed by atoms with Crippen molar-refractivity contribution in [3.63, 3.8) is 0 Å². The van der Waals surface area contributed by atoms with Gasteiger partial charge in [0, 0.05) is 25.7 Å². The third-order valence-corrected chi connectivity index (χ3v) is 4.68. The summed E-state index contributed by atoms with van der Waals surface area (Å²) in [5.41, 5.74) is 5.78. The molecule has 2 saturated heterocycles. The zero-order chi connectivity index (χ0) is 13.1. The van der Waals surface area contributed by atoms with Gasteiger partial charge in [-0.15, -0.1) is 0 Å². The van der Waals surface area contributed by atoms with Crippen molar-refractivity contribution in [1.82, 2.24) is 9.80 Å². The van der Waals surface area contributed by atoms with Crippen LogP contribution < -0.4 is 5.73 Å². The fraction of sp³-hybridized carbons (Fsp3) is 0.733. The number of hydrogen-bond acceptors (Lipinski definition) is 4. The van der Waals surface area contributed by atoms with Crippen LogP contribution >= 0.6 is 0 Å². The number of hydrogen-bond donors (Lipinski definition) is 1. The van der Waals surface area contributed by atoms with Crippen molar-refractivity contribution in [1.29, 1.82) is 0 Å². The Balaban J connectivity index is 1.44. The predicted molar refractivity (Wildman–Crippen MR) is 75.7 cm³/mol. The molecule has 0 amide bonds. The monoisotopic (exact) mass is 263 g/mol. The molecule has 0 saturated carbocycles. The molecular formula is C15H25N3O. The lowest BCUT2D eigenvalue weighted by molar-refractivity contribution is 0.115. The Morgan fingerprint density at radius 2 is 2.05 bits per heavy atom. The fourth-order valence-electron chi connectivity index (χ4n) is 3.45. The second kappa shape index (κ2) is 6.07. The minimum absolute atomic E-state index is 0.737. The normalized spacial score (nSPS) is 27.1. The lowest BCUT2D eigenvalue weighted by Crippen LogP contribution is -2.43. The highest BCUT2D eigenvalue weighted by Gasteiger charge is 2.30. The standard InChI is InChI=1S/C15H25N3O/c16-10-13-3-8-18(11-13)14-4-6-17(7-5-14)12-15-2-1-9-19-15/h1-2,9,13-14H,3-8,10-12,16H2. The van der Waals surface area contributed by atoms with Gasteiger partial charge in [0.25, 0.3) is 0 Å². The average molecular weight is 263 g/mol. The highest BCUT2D eigenvalue weighted by molar-refractivity contribution is 4.98. The predicted octanol–water partition coefficient (Wildman–Crippen LogP) is 1.52. The molecule has 0 aliphatic carbocycles. The maximum atomic E-state index is 5.78. The van der Waals surface area contributed by atoms with Crippen LogP contribution in [0.1, 0.15) is 25.0 Å². The Bertz CT molecular complexity index is 371. The van der Waals surface area contributed by atoms with Crippen molar-refractivity contribution in [2.75, 3.05) is 32.7 Å². The molecule has 0 radical (unpaired) electrons. The second-order valence-electron chi connectivity index (χ2n) is 5.97. The molecule has 2 N–H and O–H groups in total. The summed E-state index contributed by atoms with van der Waals surface area (Å²) in [4.78, 5) is 5.17. The van der Waals surface area contributed by atoms with Gasteiger partial charge in [-0.05, 0) is 50.4 Å². The third-order valence-electron chi connectivity index (χ3n) is 4.68. The van der Waals surface area contributed by atoms with Crippen LogP contribution in [-0.4, -0.2) is 48.6 Å². The number of nitrogens with two attached hydrogens (primary N) is 1. The molecule has 2 aliphatic rings. The summed E-state index contributed by atoms with van der Waals surface area (Å²) in [6, 6.07) is 4.82. The van der Waals surface area contributed by atoms with Crippen LogP contribution in [0.3, 0.4) is 0 Å². The van der Waals surface area contributed by atoms with E-state index >= 15 is 0 Å². The van der Waals surface area contributed by atoms with Crippen molar-refractivity contribution < 1.29 is 4.42 Å². The summed E-state index contributed by atoms with van der Waals surface area (Å²) in [5, 5.41) is 0. The van der Waals surface area contributed by atoms with E-state index in [0.29, 0.717) is 0 Å². The van der Waals surface area contributed by atoms with Gasteiger partial charge in [-0.1, -0.05) is 0 Å². The molecule has 0 spiro atoms. The summed E-state index contributed by atoms with van der Waals surface area (Å²) < 4.78 is 5.43. The van der Waals surface area contributed by atoms with Gasteiger partial charge in [0.2, 0.25) is 0 Å². The van der Waals surface area contributed by atoms with Gasteiger partial charge in [-0.3, -0.25) is 9.80 Å². The summed E-state index contributed by atoms with van der Waals surface area (Å²) >= 11 is 0. The SMILES string of the molecule is NCC1CCN(C2CCN(Cc3ccco3)CC2)C1. The van der Waals surface area contributed by atoms with E-state index in [2.05, 4.69) is 15.9 Å². The number of likely N-dealkylation sites (tertiary alicyclic amines) is 2. The Kier molecular flexibility index (Phi) is 4.21. The minimum atomic E-state index is 0.737. The fourth-order valence-corrected chi connectivity index (χ4v) is 3.45. The highest BCUT2D eigenvalue weighted by atomic mass is 16.3. The maximum Gasteiger partial charge on any atom is 0.117 e. The zero-order valence-electron chi connectivity index (χ0n) is 11.6. The number of piperidine rings is 1. The van der Waals surface area contributed by atoms with Crippen molar-refractivity contribution in [3.8, 4) is 0 Å². The van der Waals surface area contributed by atoms with E-state index in [9.17, 15) is 0 Å². The summed E-state index contributed by atoms with van der Waals surface area (Å²) in [6.45, 7) is 6.67. The van der Waals surface area contributed by atoms with E-state index in [1.54, 1.807) is 6.26 Å². The molecule has 19 heavy (non-hydrogen) atoms. The first-order valence-electron chi connectivity index (χ1n) is 7.54. The quantitative estimate of drug-likeness (QED) is 0.895. The van der Waals surface area contributed by atoms with Crippen molar-refractivity contribution in [2.24, 2.45) is 11.7 Å². The van der Waals surface area contributed by atoms with Gasteiger partial charge in [0.05, 0.1) is 12.8 Å². The highest BCUT2D eigenvalue weighted by Crippen LogP contribution is 2.24. The van der Waals surface area contributed by atoms with E-state index < -0.39 is 0 Å². The second-order valence-corrected chi connectivity index (χ2v) is 5.97. The van der Waals surface area contributed by atoms with Crippen LogP contribution in [0.4, 0.5) is 0 Å². The maximum absolute atomic E-state index is 5.78. The Hall–Kier alpha value is -0.840. The van der Waals surface area contributed by atoms with Gasteiger partial charge in [-0.25, -0.2) is 0 Å². The molecule has 0 bridgehead atoms. The Morgan fingerprint density at radius 3 is 2.68 bits per heavy atom. The van der Waals surface area contributed by atoms with Crippen LogP contribution in [0, 0.1) is 5.92 Å². The zero-order valence-corrected chi connectivity index (χ0v) is 11.6. The van der Waals surface area contributed by atoms with Crippen molar-refractivity contribution >= 4 is 0 Å². The van der Waals surface area contributed by atoms with Crippen LogP contribution in [0.2, 0.25) is 0 Å². The first-order valence-corrected chi connectivity index (χ1v) is 7.54. The average Bonchev–Trinajstić information content (AvgIpc) is 3.10. The number of furan rings is 1. The van der Waals surface area contributed by atoms with Gasteiger partial charge >= 0.3 is 0 Å². The molecule has 0 aromatic carbocycles. The molecule has 2 fully saturated rings. The van der Waals surface area contributed by atoms with Crippen LogP contribution in [-0.2, 0) is 6.54 Å². The summed E-state index contributed by atoms with van der Waals surface area (Å²) in [7, 11) is 0. The van der Waals surface area contributed by atoms with Gasteiger partial charge in [-0.2, -0.15) is 0 Å². The minimum Gasteiger partial charge on any atom is -0.468 e. The van der Waals surface area contributed by atoms with E-state index in [-0.39, 0.29) is 0 Å². The van der Waals surface area contributed by atoms with E-state index in [1.807, 2.05) is 6.07 Å². The van der Waals surface area contributed by atoms with Crippen LogP contribution in [0.5, 0.6) is 0 Å². The molecule has 1 atom stereocenters. The summed E-state index contributed by atoms with van der Waals surface area (Å²) in [6.07, 6.45) is 5.64. The first kappa shape index (κ1) is 13.2. The van der Waals surface area contributed by atoms with E-state index in [0.717, 1.165) is 30.8 Å². The largest absolute Gasteiger partial charge is 0.468 e. The molecule has 106 valence electrons. The molecule has 3 heterocycles. The first-order chi connectivity index (χ1) is 9.35. The molecule has 3 rings (SSSR count). The Labute approximate surface area is 115 Å². The van der Waals surface area contributed by atoms with Crippen molar-refractivity contribution in [3.05, 3.63) is 24.2 Å². The Morgan fingerprint density at radius 1 is 1.21 bits per heavy atom. The van der Waals surface area contributed by atoms with Gasteiger partial charge in [0.1, 0.15) is 5.76 Å². The molecular weight excluding hydrogens is 238 g/mol. The molecule has 1 aromatic heterocycles. The molecule has 4 nitrogen and oxygen atoms in total. The molecule has 2 aliphatic heterocycles. The third kappa shape index (κ3) is 3.19. The topological polar surface area (TPSA) is 45.6 Å². The summed E-state index contributed by atoms with van der Waals surface area (Å²) in [5.74, 6) is 1.82. The number of rotatable bonds is 4. The van der Waals surface area contributed by atoms with E-state index in [4.69, 9.17) is 10.2 Å². The lowest BCUT2D eigenvalue weighted by atomic mass is 10.0. The van der Waals surface area contributed by atoms with Crippen LogP contribution in [0.15, 0.2) is 22.8 Å². The van der Waals surface area contributed by atoms with Gasteiger partial charge in [0.15, 0.2) is 0 Å². The van der Waals surface area contributed by atoms with Crippen molar-refractivity contribution in [2.45, 2.75) is 31.8 Å². The smallest absolute Gasteiger partial charge is 0.117 e. The molecule has 1 unspecified atom stereocenters. The van der Waals surface area contributed by atoms with Crippen LogP contribution in [0.25, 0.3) is 0 Å².